The van der Waals surface area contributed by atoms with Gasteiger partial charge in [-0.2, -0.15) is 0 Å². The molecule has 76 valence electrons. The van der Waals surface area contributed by atoms with E-state index in [2.05, 4.69) is 4.90 Å². The Hall–Kier alpha value is -0.410. The lowest BCUT2D eigenvalue weighted by Gasteiger charge is -2.35. The smallest absolute Gasteiger partial charge is 0.107 e. The first kappa shape index (κ1) is 10.7. The molecule has 13 heavy (non-hydrogen) atoms. The standard InChI is InChI=1S/C10H18FNO/c1-4-13-8-10(2)7-12(3)6-5-9(10)11/h5H,4,6-8H2,1-3H3/t10-/m0/s1. The molecule has 0 aliphatic carbocycles. The first-order chi connectivity index (χ1) is 6.08. The summed E-state index contributed by atoms with van der Waals surface area (Å²) < 4.78 is 18.8. The van der Waals surface area contributed by atoms with Crippen LogP contribution in [0, 0.1) is 5.41 Å². The van der Waals surface area contributed by atoms with Crippen molar-refractivity contribution in [2.24, 2.45) is 5.41 Å². The first-order valence-corrected chi connectivity index (χ1v) is 4.71. The molecular weight excluding hydrogens is 169 g/mol. The van der Waals surface area contributed by atoms with Crippen molar-refractivity contribution in [2.45, 2.75) is 13.8 Å². The van der Waals surface area contributed by atoms with Crippen molar-refractivity contribution in [3.05, 3.63) is 11.9 Å². The van der Waals surface area contributed by atoms with Gasteiger partial charge >= 0.3 is 0 Å². The maximum absolute atomic E-state index is 13.5. The van der Waals surface area contributed by atoms with Crippen LogP contribution in [0.5, 0.6) is 0 Å². The van der Waals surface area contributed by atoms with E-state index in [9.17, 15) is 4.39 Å². The van der Waals surface area contributed by atoms with E-state index in [0.29, 0.717) is 19.8 Å². The molecule has 0 saturated carbocycles. The Labute approximate surface area is 79.4 Å². The summed E-state index contributed by atoms with van der Waals surface area (Å²) in [6.45, 7) is 6.38. The predicted octanol–water partition coefficient (Wildman–Crippen LogP) is 1.83. The van der Waals surface area contributed by atoms with Gasteiger partial charge in [-0.1, -0.05) is 0 Å². The number of hydrogen-bond donors (Lipinski definition) is 0. The average Bonchev–Trinajstić information content (AvgIpc) is 2.09. The second kappa shape index (κ2) is 4.20. The zero-order chi connectivity index (χ0) is 9.90. The molecule has 0 aromatic rings. The number of halogens is 1. The highest BCUT2D eigenvalue weighted by Crippen LogP contribution is 2.32. The molecule has 1 heterocycles. The Morgan fingerprint density at radius 2 is 2.38 bits per heavy atom. The molecule has 1 aliphatic heterocycles. The molecule has 1 atom stereocenters. The third-order valence-electron chi connectivity index (χ3n) is 2.40. The zero-order valence-electron chi connectivity index (χ0n) is 8.64. The molecule has 0 fully saturated rings. The van der Waals surface area contributed by atoms with Gasteiger partial charge < -0.3 is 9.64 Å². The topological polar surface area (TPSA) is 12.5 Å². The molecule has 0 radical (unpaired) electrons. The summed E-state index contributed by atoms with van der Waals surface area (Å²) in [6, 6.07) is 0. The molecule has 2 nitrogen and oxygen atoms in total. The van der Waals surface area contributed by atoms with Crippen molar-refractivity contribution in [2.75, 3.05) is 33.4 Å². The predicted molar refractivity (Wildman–Crippen MR) is 51.3 cm³/mol. The van der Waals surface area contributed by atoms with Crippen LogP contribution in [0.3, 0.4) is 0 Å². The minimum Gasteiger partial charge on any atom is -0.381 e. The van der Waals surface area contributed by atoms with E-state index in [-0.39, 0.29) is 5.83 Å². The molecule has 0 aromatic carbocycles. The van der Waals surface area contributed by atoms with Crippen LogP contribution in [0.4, 0.5) is 4.39 Å². The van der Waals surface area contributed by atoms with Crippen molar-refractivity contribution in [3.8, 4) is 0 Å². The molecule has 0 aromatic heterocycles. The highest BCUT2D eigenvalue weighted by Gasteiger charge is 2.33. The summed E-state index contributed by atoms with van der Waals surface area (Å²) in [4.78, 5) is 2.10. The molecule has 1 aliphatic rings. The summed E-state index contributed by atoms with van der Waals surface area (Å²) in [5.41, 5.74) is -0.441. The van der Waals surface area contributed by atoms with E-state index < -0.39 is 5.41 Å². The number of nitrogens with zero attached hydrogens (tertiary/aromatic N) is 1. The Balaban J connectivity index is 2.63. The van der Waals surface area contributed by atoms with Crippen LogP contribution in [-0.2, 0) is 4.74 Å². The van der Waals surface area contributed by atoms with Gasteiger partial charge in [-0.25, -0.2) is 4.39 Å². The van der Waals surface area contributed by atoms with Gasteiger partial charge in [0.1, 0.15) is 5.83 Å². The fraction of sp³-hybridized carbons (Fsp3) is 0.800. The molecule has 1 rings (SSSR count). The fourth-order valence-corrected chi connectivity index (χ4v) is 1.66. The summed E-state index contributed by atoms with van der Waals surface area (Å²) >= 11 is 0. The van der Waals surface area contributed by atoms with Crippen molar-refractivity contribution in [1.29, 1.82) is 0 Å². The molecule has 0 N–H and O–H groups in total. The number of hydrogen-bond acceptors (Lipinski definition) is 2. The molecule has 0 bridgehead atoms. The minimum atomic E-state index is -0.441. The maximum atomic E-state index is 13.5. The van der Waals surface area contributed by atoms with E-state index in [4.69, 9.17) is 4.74 Å². The van der Waals surface area contributed by atoms with Crippen molar-refractivity contribution < 1.29 is 9.13 Å². The molecule has 0 spiro atoms. The van der Waals surface area contributed by atoms with E-state index in [0.717, 1.165) is 6.54 Å². The van der Waals surface area contributed by atoms with Crippen LogP contribution in [0.1, 0.15) is 13.8 Å². The average molecular weight is 187 g/mol. The third kappa shape index (κ3) is 2.51. The number of ether oxygens (including phenoxy) is 1. The Bertz CT molecular complexity index is 205. The maximum Gasteiger partial charge on any atom is 0.107 e. The lowest BCUT2D eigenvalue weighted by molar-refractivity contribution is 0.0438. The zero-order valence-corrected chi connectivity index (χ0v) is 8.64. The van der Waals surface area contributed by atoms with Gasteiger partial charge in [-0.05, 0) is 27.0 Å². The second-order valence-corrected chi connectivity index (χ2v) is 3.95. The van der Waals surface area contributed by atoms with Crippen molar-refractivity contribution in [3.63, 3.8) is 0 Å². The Morgan fingerprint density at radius 1 is 1.69 bits per heavy atom. The molecule has 0 amide bonds. The van der Waals surface area contributed by atoms with Gasteiger partial charge in [0.25, 0.3) is 0 Å². The first-order valence-electron chi connectivity index (χ1n) is 4.71. The van der Waals surface area contributed by atoms with Gasteiger partial charge in [0, 0.05) is 19.7 Å². The van der Waals surface area contributed by atoms with Crippen LogP contribution in [0.25, 0.3) is 0 Å². The quantitative estimate of drug-likeness (QED) is 0.668. The molecule has 0 saturated heterocycles. The van der Waals surface area contributed by atoms with Crippen LogP contribution in [-0.4, -0.2) is 38.3 Å². The Morgan fingerprint density at radius 3 is 3.00 bits per heavy atom. The normalized spacial score (nSPS) is 30.3. The highest BCUT2D eigenvalue weighted by atomic mass is 19.1. The summed E-state index contributed by atoms with van der Waals surface area (Å²) in [7, 11) is 1.99. The summed E-state index contributed by atoms with van der Waals surface area (Å²) in [6.07, 6.45) is 1.64. The van der Waals surface area contributed by atoms with E-state index >= 15 is 0 Å². The van der Waals surface area contributed by atoms with Gasteiger partial charge in [-0.3, -0.25) is 0 Å². The van der Waals surface area contributed by atoms with Crippen molar-refractivity contribution >= 4 is 0 Å². The summed E-state index contributed by atoms with van der Waals surface area (Å²) in [5, 5.41) is 0. The van der Waals surface area contributed by atoms with Gasteiger partial charge in [0.05, 0.1) is 12.0 Å². The van der Waals surface area contributed by atoms with Crippen LogP contribution in [0.2, 0.25) is 0 Å². The molecular formula is C10H18FNO. The summed E-state index contributed by atoms with van der Waals surface area (Å²) in [5.74, 6) is -0.0287. The van der Waals surface area contributed by atoms with E-state index in [1.807, 2.05) is 20.9 Å². The monoisotopic (exact) mass is 187 g/mol. The Kier molecular flexibility index (Phi) is 3.45. The minimum absolute atomic E-state index is 0.0287. The molecule has 3 heteroatoms. The lowest BCUT2D eigenvalue weighted by atomic mass is 9.87. The second-order valence-electron chi connectivity index (χ2n) is 3.95. The fourth-order valence-electron chi connectivity index (χ4n) is 1.66. The van der Waals surface area contributed by atoms with Gasteiger partial charge in [0.2, 0.25) is 0 Å². The highest BCUT2D eigenvalue weighted by molar-refractivity contribution is 5.11. The number of rotatable bonds is 3. The van der Waals surface area contributed by atoms with Crippen LogP contribution >= 0.6 is 0 Å². The van der Waals surface area contributed by atoms with E-state index in [1.54, 1.807) is 6.08 Å². The van der Waals surface area contributed by atoms with Crippen LogP contribution < -0.4 is 0 Å². The van der Waals surface area contributed by atoms with Gasteiger partial charge in [0.15, 0.2) is 0 Å². The molecule has 0 unspecified atom stereocenters. The van der Waals surface area contributed by atoms with E-state index in [1.165, 1.54) is 0 Å². The SMILES string of the molecule is CCOC[C@]1(C)CN(C)CC=C1F. The van der Waals surface area contributed by atoms with Gasteiger partial charge in [-0.15, -0.1) is 0 Å². The largest absolute Gasteiger partial charge is 0.381 e. The lowest BCUT2D eigenvalue weighted by Crippen LogP contribution is -2.41. The van der Waals surface area contributed by atoms with Crippen LogP contribution in [0.15, 0.2) is 11.9 Å². The third-order valence-corrected chi connectivity index (χ3v) is 2.40. The number of likely N-dealkylation sites (N-methyl/N-ethyl adjacent to an activating group) is 1. The van der Waals surface area contributed by atoms with Crippen molar-refractivity contribution in [1.82, 2.24) is 4.90 Å².